The van der Waals surface area contributed by atoms with Crippen LogP contribution in [0.2, 0.25) is 0 Å². The Hall–Kier alpha value is -0.220. The van der Waals surface area contributed by atoms with Crippen LogP contribution in [0.4, 0.5) is 0 Å². The second kappa shape index (κ2) is 5.50. The maximum atomic E-state index is 11.3. The topological polar surface area (TPSA) is 38.3 Å². The first-order valence-electron chi connectivity index (χ1n) is 4.66. The van der Waals surface area contributed by atoms with Crippen molar-refractivity contribution in [2.24, 2.45) is 0 Å². The van der Waals surface area contributed by atoms with Gasteiger partial charge in [0.1, 0.15) is 6.10 Å². The lowest BCUT2D eigenvalue weighted by atomic mass is 10.2. The summed E-state index contributed by atoms with van der Waals surface area (Å²) < 4.78 is 4.91. The molecule has 1 aliphatic heterocycles. The third-order valence-electron chi connectivity index (χ3n) is 2.25. The zero-order valence-electron chi connectivity index (χ0n) is 8.21. The van der Waals surface area contributed by atoms with Gasteiger partial charge in [-0.25, -0.2) is 0 Å². The highest BCUT2D eigenvalue weighted by Gasteiger charge is 2.17. The molecule has 0 radical (unpaired) electrons. The van der Waals surface area contributed by atoms with Gasteiger partial charge in [0.15, 0.2) is 0 Å². The molecule has 1 amide bonds. The number of thioether (sulfide) groups is 1. The van der Waals surface area contributed by atoms with Crippen LogP contribution in [0.25, 0.3) is 0 Å². The summed E-state index contributed by atoms with van der Waals surface area (Å²) in [6, 6.07) is 0. The molecule has 1 heterocycles. The molecule has 0 aromatic carbocycles. The van der Waals surface area contributed by atoms with Crippen molar-refractivity contribution in [3.63, 3.8) is 0 Å². The number of nitrogens with one attached hydrogen (secondary N) is 1. The minimum absolute atomic E-state index is 0.00463. The molecule has 0 aromatic heterocycles. The predicted octanol–water partition coefficient (Wildman–Crippen LogP) is 1.03. The van der Waals surface area contributed by atoms with Gasteiger partial charge < -0.3 is 10.1 Å². The van der Waals surface area contributed by atoms with E-state index in [-0.39, 0.29) is 12.0 Å². The summed E-state index contributed by atoms with van der Waals surface area (Å²) in [5, 5.41) is 3.51. The van der Waals surface area contributed by atoms with Crippen LogP contribution >= 0.6 is 11.8 Å². The van der Waals surface area contributed by atoms with Gasteiger partial charge in [0.05, 0.1) is 0 Å². The number of hydrogen-bond acceptors (Lipinski definition) is 3. The van der Waals surface area contributed by atoms with Crippen molar-refractivity contribution >= 4 is 17.7 Å². The monoisotopic (exact) mass is 203 g/mol. The van der Waals surface area contributed by atoms with E-state index in [1.165, 1.54) is 18.6 Å². The molecule has 1 saturated heterocycles. The van der Waals surface area contributed by atoms with Gasteiger partial charge in [-0.2, -0.15) is 11.8 Å². The molecule has 0 unspecified atom stereocenters. The van der Waals surface area contributed by atoms with E-state index < -0.39 is 0 Å². The average molecular weight is 203 g/mol. The van der Waals surface area contributed by atoms with Crippen LogP contribution in [0, 0.1) is 0 Å². The van der Waals surface area contributed by atoms with Crippen LogP contribution < -0.4 is 5.32 Å². The molecule has 1 rings (SSSR count). The molecule has 0 saturated carbocycles. The molecule has 3 nitrogen and oxygen atoms in total. The first-order valence-corrected chi connectivity index (χ1v) is 5.71. The fourth-order valence-electron chi connectivity index (χ4n) is 1.27. The normalized spacial score (nSPS) is 24.3. The van der Waals surface area contributed by atoms with Gasteiger partial charge in [-0.1, -0.05) is 0 Å². The molecule has 2 atom stereocenters. The molecular weight excluding hydrogens is 186 g/mol. The van der Waals surface area contributed by atoms with E-state index in [1.54, 1.807) is 14.0 Å². The third-order valence-corrected chi connectivity index (χ3v) is 3.65. The van der Waals surface area contributed by atoms with Crippen molar-refractivity contribution in [1.82, 2.24) is 5.32 Å². The number of ether oxygens (including phenoxy) is 1. The smallest absolute Gasteiger partial charge is 0.248 e. The largest absolute Gasteiger partial charge is 0.372 e. The van der Waals surface area contributed by atoms with Crippen molar-refractivity contribution in [2.75, 3.05) is 19.4 Å². The molecule has 1 fully saturated rings. The van der Waals surface area contributed by atoms with Gasteiger partial charge in [0, 0.05) is 18.9 Å². The second-order valence-electron chi connectivity index (χ2n) is 3.26. The zero-order valence-corrected chi connectivity index (χ0v) is 9.02. The van der Waals surface area contributed by atoms with Crippen molar-refractivity contribution in [3.8, 4) is 0 Å². The van der Waals surface area contributed by atoms with E-state index >= 15 is 0 Å². The molecule has 1 aliphatic rings. The summed E-state index contributed by atoms with van der Waals surface area (Å²) in [5.41, 5.74) is 0. The van der Waals surface area contributed by atoms with E-state index in [0.29, 0.717) is 5.25 Å². The molecule has 0 aliphatic carbocycles. The molecule has 0 spiro atoms. The van der Waals surface area contributed by atoms with Crippen LogP contribution in [0.15, 0.2) is 0 Å². The fourth-order valence-corrected chi connectivity index (χ4v) is 2.47. The first-order chi connectivity index (χ1) is 6.24. The number of amides is 1. The standard InChI is InChI=1S/C9H17NO2S/c1-7(12-2)9(11)10-6-8-4-3-5-13-8/h7-8H,3-6H2,1-2H3,(H,10,11)/t7-,8-/m0/s1. The SMILES string of the molecule is CO[C@@H](C)C(=O)NC[C@@H]1CCCS1. The Labute approximate surface area is 83.6 Å². The minimum atomic E-state index is -0.327. The summed E-state index contributed by atoms with van der Waals surface area (Å²) in [7, 11) is 1.55. The van der Waals surface area contributed by atoms with Gasteiger partial charge in [0.25, 0.3) is 0 Å². The Morgan fingerprint density at radius 1 is 1.77 bits per heavy atom. The summed E-state index contributed by atoms with van der Waals surface area (Å²) in [6.07, 6.45) is 2.18. The maximum Gasteiger partial charge on any atom is 0.248 e. The van der Waals surface area contributed by atoms with Crippen LogP contribution in [0.5, 0.6) is 0 Å². The zero-order chi connectivity index (χ0) is 9.68. The van der Waals surface area contributed by atoms with Gasteiger partial charge in [-0.15, -0.1) is 0 Å². The van der Waals surface area contributed by atoms with Gasteiger partial charge in [-0.3, -0.25) is 4.79 Å². The van der Waals surface area contributed by atoms with Crippen molar-refractivity contribution in [1.29, 1.82) is 0 Å². The summed E-state index contributed by atoms with van der Waals surface area (Å²) in [4.78, 5) is 11.3. The lowest BCUT2D eigenvalue weighted by Gasteiger charge is -2.13. The molecule has 0 bridgehead atoms. The molecule has 76 valence electrons. The van der Waals surface area contributed by atoms with E-state index in [4.69, 9.17) is 4.74 Å². The third kappa shape index (κ3) is 3.56. The number of carbonyl (C=O) groups is 1. The Bertz CT molecular complexity index is 169. The molecule has 13 heavy (non-hydrogen) atoms. The molecule has 1 N–H and O–H groups in total. The highest BCUT2D eigenvalue weighted by atomic mass is 32.2. The maximum absolute atomic E-state index is 11.3. The molecular formula is C9H17NO2S. The second-order valence-corrected chi connectivity index (χ2v) is 4.67. The predicted molar refractivity (Wildman–Crippen MR) is 55.0 cm³/mol. The van der Waals surface area contributed by atoms with Crippen LogP contribution in [0.1, 0.15) is 19.8 Å². The highest BCUT2D eigenvalue weighted by Crippen LogP contribution is 2.25. The summed E-state index contributed by atoms with van der Waals surface area (Å²) >= 11 is 1.95. The van der Waals surface area contributed by atoms with Crippen molar-refractivity contribution < 1.29 is 9.53 Å². The Morgan fingerprint density at radius 2 is 2.54 bits per heavy atom. The lowest BCUT2D eigenvalue weighted by molar-refractivity contribution is -0.129. The number of carbonyl (C=O) groups excluding carboxylic acids is 1. The Kier molecular flexibility index (Phi) is 4.59. The highest BCUT2D eigenvalue weighted by molar-refractivity contribution is 8.00. The lowest BCUT2D eigenvalue weighted by Crippen LogP contribution is -2.37. The quantitative estimate of drug-likeness (QED) is 0.741. The van der Waals surface area contributed by atoms with Gasteiger partial charge >= 0.3 is 0 Å². The van der Waals surface area contributed by atoms with Gasteiger partial charge in [0.2, 0.25) is 5.91 Å². The van der Waals surface area contributed by atoms with Crippen LogP contribution in [-0.2, 0) is 9.53 Å². The first kappa shape index (κ1) is 10.9. The fraction of sp³-hybridized carbons (Fsp3) is 0.889. The van der Waals surface area contributed by atoms with E-state index in [0.717, 1.165) is 6.54 Å². The van der Waals surface area contributed by atoms with E-state index in [9.17, 15) is 4.79 Å². The summed E-state index contributed by atoms with van der Waals surface area (Å²) in [5.74, 6) is 1.23. The summed E-state index contributed by atoms with van der Waals surface area (Å²) in [6.45, 7) is 2.55. The van der Waals surface area contributed by atoms with Crippen LogP contribution in [0.3, 0.4) is 0 Å². The van der Waals surface area contributed by atoms with E-state index in [2.05, 4.69) is 5.32 Å². The number of rotatable bonds is 4. The van der Waals surface area contributed by atoms with Gasteiger partial charge in [-0.05, 0) is 25.5 Å². The molecule has 0 aromatic rings. The number of hydrogen-bond donors (Lipinski definition) is 1. The van der Waals surface area contributed by atoms with E-state index in [1.807, 2.05) is 11.8 Å². The van der Waals surface area contributed by atoms with Crippen LogP contribution in [-0.4, -0.2) is 36.7 Å². The van der Waals surface area contributed by atoms with Crippen molar-refractivity contribution in [2.45, 2.75) is 31.1 Å². The molecule has 4 heteroatoms. The minimum Gasteiger partial charge on any atom is -0.372 e. The Balaban J connectivity index is 2.13. The Morgan fingerprint density at radius 3 is 3.08 bits per heavy atom. The average Bonchev–Trinajstić information content (AvgIpc) is 2.65. The van der Waals surface area contributed by atoms with Crippen molar-refractivity contribution in [3.05, 3.63) is 0 Å². The number of methoxy groups -OCH3 is 1.